The molecule has 2 rings (SSSR count). The van der Waals surface area contributed by atoms with E-state index in [-0.39, 0.29) is 5.41 Å². The predicted octanol–water partition coefficient (Wildman–Crippen LogP) is 2.49. The topological polar surface area (TPSA) is 56.3 Å². The molecule has 1 saturated carbocycles. The Morgan fingerprint density at radius 3 is 2.74 bits per heavy atom. The predicted molar refractivity (Wildman–Crippen MR) is 74.4 cm³/mol. The number of anilines is 1. The highest BCUT2D eigenvalue weighted by atomic mass is 16.5. The lowest BCUT2D eigenvalue weighted by atomic mass is 9.64. The second-order valence-corrected chi connectivity index (χ2v) is 5.37. The van der Waals surface area contributed by atoms with Crippen LogP contribution >= 0.6 is 0 Å². The monoisotopic (exact) mass is 265 g/mol. The highest BCUT2D eigenvalue weighted by Gasteiger charge is 2.49. The van der Waals surface area contributed by atoms with Gasteiger partial charge in [0.2, 0.25) is 5.88 Å². The van der Waals surface area contributed by atoms with E-state index in [1.165, 1.54) is 6.33 Å². The first-order valence-corrected chi connectivity index (χ1v) is 6.90. The van der Waals surface area contributed by atoms with E-state index in [0.29, 0.717) is 24.6 Å². The van der Waals surface area contributed by atoms with Gasteiger partial charge in [0, 0.05) is 24.1 Å². The average Bonchev–Trinajstić information content (AvgIpc) is 2.38. The molecule has 1 aliphatic carbocycles. The van der Waals surface area contributed by atoms with Gasteiger partial charge in [-0.1, -0.05) is 13.8 Å². The summed E-state index contributed by atoms with van der Waals surface area (Å²) in [7, 11) is 0. The van der Waals surface area contributed by atoms with Crippen molar-refractivity contribution < 1.29 is 9.47 Å². The Labute approximate surface area is 114 Å². The van der Waals surface area contributed by atoms with Crippen LogP contribution in [-0.2, 0) is 4.74 Å². The number of aromatic nitrogens is 2. The fraction of sp³-hybridized carbons (Fsp3) is 0.714. The fourth-order valence-electron chi connectivity index (χ4n) is 2.44. The van der Waals surface area contributed by atoms with Gasteiger partial charge in [0.25, 0.3) is 0 Å². The van der Waals surface area contributed by atoms with E-state index in [1.807, 2.05) is 19.9 Å². The third-order valence-corrected chi connectivity index (χ3v) is 3.80. The van der Waals surface area contributed by atoms with Crippen LogP contribution in [0.3, 0.4) is 0 Å². The maximum Gasteiger partial charge on any atom is 0.218 e. The van der Waals surface area contributed by atoms with Crippen LogP contribution in [0.2, 0.25) is 0 Å². The first kappa shape index (κ1) is 14.1. The summed E-state index contributed by atoms with van der Waals surface area (Å²) in [6.45, 7) is 9.80. The van der Waals surface area contributed by atoms with Crippen molar-refractivity contribution in [3.8, 4) is 5.88 Å². The van der Waals surface area contributed by atoms with Crippen molar-refractivity contribution in [2.24, 2.45) is 5.41 Å². The van der Waals surface area contributed by atoms with E-state index in [9.17, 15) is 0 Å². The minimum atomic E-state index is 0.118. The summed E-state index contributed by atoms with van der Waals surface area (Å²) in [5.41, 5.74) is 0.118. The molecule has 0 amide bonds. The SMILES string of the molecule is CCOc1cc(NC2CC(OCC)C2(C)C)ncn1. The Hall–Kier alpha value is -1.36. The van der Waals surface area contributed by atoms with Crippen LogP contribution in [0.15, 0.2) is 12.4 Å². The van der Waals surface area contributed by atoms with Crippen molar-refractivity contribution in [3.63, 3.8) is 0 Å². The summed E-state index contributed by atoms with van der Waals surface area (Å²) in [4.78, 5) is 8.30. The Morgan fingerprint density at radius 1 is 1.32 bits per heavy atom. The lowest BCUT2D eigenvalue weighted by molar-refractivity contribution is -0.0976. The van der Waals surface area contributed by atoms with Crippen LogP contribution in [-0.4, -0.2) is 35.3 Å². The summed E-state index contributed by atoms with van der Waals surface area (Å²) in [6, 6.07) is 2.21. The smallest absolute Gasteiger partial charge is 0.218 e. The number of nitrogens with zero attached hydrogens (tertiary/aromatic N) is 2. The molecule has 1 heterocycles. The van der Waals surface area contributed by atoms with Gasteiger partial charge in [-0.25, -0.2) is 9.97 Å². The minimum Gasteiger partial charge on any atom is -0.478 e. The molecule has 1 N–H and O–H groups in total. The summed E-state index contributed by atoms with van der Waals surface area (Å²) in [6.07, 6.45) is 2.86. The summed E-state index contributed by atoms with van der Waals surface area (Å²) >= 11 is 0. The van der Waals surface area contributed by atoms with Crippen molar-refractivity contribution in [1.29, 1.82) is 0 Å². The Bertz CT molecular complexity index is 423. The van der Waals surface area contributed by atoms with Gasteiger partial charge >= 0.3 is 0 Å². The van der Waals surface area contributed by atoms with Crippen LogP contribution in [0.4, 0.5) is 5.82 Å². The zero-order valence-electron chi connectivity index (χ0n) is 12.1. The summed E-state index contributed by atoms with van der Waals surface area (Å²) < 4.78 is 11.1. The van der Waals surface area contributed by atoms with Crippen LogP contribution in [0.5, 0.6) is 5.88 Å². The molecular weight excluding hydrogens is 242 g/mol. The highest BCUT2D eigenvalue weighted by Crippen LogP contribution is 2.44. The summed E-state index contributed by atoms with van der Waals surface area (Å²) in [5.74, 6) is 1.42. The quantitative estimate of drug-likeness (QED) is 0.856. The molecule has 5 nitrogen and oxygen atoms in total. The third kappa shape index (κ3) is 2.97. The van der Waals surface area contributed by atoms with Crippen molar-refractivity contribution in [2.75, 3.05) is 18.5 Å². The van der Waals surface area contributed by atoms with E-state index in [0.717, 1.165) is 18.8 Å². The van der Waals surface area contributed by atoms with Gasteiger partial charge in [-0.05, 0) is 20.3 Å². The lowest BCUT2D eigenvalue weighted by Gasteiger charge is -2.51. The molecule has 1 fully saturated rings. The number of ether oxygens (including phenoxy) is 2. The second-order valence-electron chi connectivity index (χ2n) is 5.37. The fourth-order valence-corrected chi connectivity index (χ4v) is 2.44. The van der Waals surface area contributed by atoms with Crippen LogP contribution in [0.25, 0.3) is 0 Å². The average molecular weight is 265 g/mol. The first-order chi connectivity index (χ1) is 9.07. The maximum atomic E-state index is 5.73. The third-order valence-electron chi connectivity index (χ3n) is 3.80. The van der Waals surface area contributed by atoms with Gasteiger partial charge in [-0.2, -0.15) is 0 Å². The Kier molecular flexibility index (Phi) is 4.24. The van der Waals surface area contributed by atoms with Crippen LogP contribution in [0.1, 0.15) is 34.1 Å². The molecule has 2 atom stereocenters. The molecule has 2 unspecified atom stereocenters. The van der Waals surface area contributed by atoms with Crippen molar-refractivity contribution in [1.82, 2.24) is 9.97 Å². The van der Waals surface area contributed by atoms with Gasteiger partial charge in [-0.3, -0.25) is 0 Å². The lowest BCUT2D eigenvalue weighted by Crippen LogP contribution is -2.58. The van der Waals surface area contributed by atoms with Gasteiger partial charge < -0.3 is 14.8 Å². The molecule has 19 heavy (non-hydrogen) atoms. The molecule has 0 spiro atoms. The Balaban J connectivity index is 1.97. The molecule has 0 radical (unpaired) electrons. The standard InChI is InChI=1S/C14H23N3O2/c1-5-18-11-7-10(14(11,3)4)17-12-8-13(19-6-2)16-9-15-12/h8-11H,5-7H2,1-4H3,(H,15,16,17). The molecule has 5 heteroatoms. The van der Waals surface area contributed by atoms with Gasteiger partial charge in [0.05, 0.1) is 12.7 Å². The van der Waals surface area contributed by atoms with E-state index in [2.05, 4.69) is 29.1 Å². The zero-order chi connectivity index (χ0) is 13.9. The van der Waals surface area contributed by atoms with Crippen molar-refractivity contribution in [3.05, 3.63) is 12.4 Å². The Morgan fingerprint density at radius 2 is 2.11 bits per heavy atom. The normalized spacial score (nSPS) is 24.6. The molecule has 0 bridgehead atoms. The van der Waals surface area contributed by atoms with Crippen LogP contribution in [0, 0.1) is 5.41 Å². The van der Waals surface area contributed by atoms with E-state index < -0.39 is 0 Å². The molecule has 1 aromatic rings. The second kappa shape index (κ2) is 5.74. The number of hydrogen-bond donors (Lipinski definition) is 1. The largest absolute Gasteiger partial charge is 0.478 e. The first-order valence-electron chi connectivity index (χ1n) is 6.90. The van der Waals surface area contributed by atoms with E-state index in [4.69, 9.17) is 9.47 Å². The van der Waals surface area contributed by atoms with Gasteiger partial charge in [0.1, 0.15) is 12.1 Å². The molecule has 106 valence electrons. The van der Waals surface area contributed by atoms with Crippen LogP contribution < -0.4 is 10.1 Å². The molecule has 0 aliphatic heterocycles. The number of rotatable bonds is 6. The number of nitrogens with one attached hydrogen (secondary N) is 1. The minimum absolute atomic E-state index is 0.118. The molecule has 0 saturated heterocycles. The van der Waals surface area contributed by atoms with E-state index >= 15 is 0 Å². The van der Waals surface area contributed by atoms with Crippen molar-refractivity contribution >= 4 is 5.82 Å². The van der Waals surface area contributed by atoms with Gasteiger partial charge in [-0.15, -0.1) is 0 Å². The zero-order valence-corrected chi connectivity index (χ0v) is 12.1. The summed E-state index contributed by atoms with van der Waals surface area (Å²) in [5, 5.41) is 3.44. The molecule has 0 aromatic carbocycles. The molecule has 1 aliphatic rings. The van der Waals surface area contributed by atoms with Gasteiger partial charge in [0.15, 0.2) is 0 Å². The molecule has 1 aromatic heterocycles. The molecular formula is C14H23N3O2. The van der Waals surface area contributed by atoms with E-state index in [1.54, 1.807) is 0 Å². The highest BCUT2D eigenvalue weighted by molar-refractivity contribution is 5.40. The number of hydrogen-bond acceptors (Lipinski definition) is 5. The van der Waals surface area contributed by atoms with Crippen molar-refractivity contribution in [2.45, 2.75) is 46.3 Å². The maximum absolute atomic E-state index is 5.73.